The monoisotopic (exact) mass is 398 g/mol. The van der Waals surface area contributed by atoms with E-state index in [1.54, 1.807) is 47.3 Å². The lowest BCUT2D eigenvalue weighted by Gasteiger charge is -2.06. The summed E-state index contributed by atoms with van der Waals surface area (Å²) in [6.45, 7) is 0.410. The molecule has 0 saturated carbocycles. The Balaban J connectivity index is 1.69. The van der Waals surface area contributed by atoms with Gasteiger partial charge in [-0.3, -0.25) is 19.6 Å². The molecule has 0 aliphatic heterocycles. The molecule has 0 aliphatic carbocycles. The van der Waals surface area contributed by atoms with Gasteiger partial charge in [-0.15, -0.1) is 0 Å². The maximum atomic E-state index is 11.6. The van der Waals surface area contributed by atoms with Crippen molar-refractivity contribution in [1.82, 2.24) is 9.78 Å². The quantitative estimate of drug-likeness (QED) is 0.387. The number of aromatic nitrogens is 2. The van der Waals surface area contributed by atoms with Crippen molar-refractivity contribution in [2.24, 2.45) is 5.73 Å². The first-order valence-electron chi connectivity index (χ1n) is 9.28. The largest absolute Gasteiger partial charge is 0.366 e. The van der Waals surface area contributed by atoms with Crippen LogP contribution in [0.25, 0.3) is 22.4 Å². The van der Waals surface area contributed by atoms with Crippen LogP contribution in [0, 0.1) is 10.1 Å². The Morgan fingerprint density at radius 2 is 1.77 bits per heavy atom. The molecule has 0 radical (unpaired) electrons. The Morgan fingerprint density at radius 1 is 0.967 bits per heavy atom. The zero-order chi connectivity index (χ0) is 21.1. The van der Waals surface area contributed by atoms with Gasteiger partial charge in [0.25, 0.3) is 5.69 Å². The summed E-state index contributed by atoms with van der Waals surface area (Å²) in [7, 11) is 0. The van der Waals surface area contributed by atoms with Gasteiger partial charge < -0.3 is 5.73 Å². The Kier molecular flexibility index (Phi) is 5.09. The molecule has 4 rings (SSSR count). The van der Waals surface area contributed by atoms with Gasteiger partial charge in [-0.05, 0) is 47.0 Å². The number of hydrogen-bond acceptors (Lipinski definition) is 4. The van der Waals surface area contributed by atoms with Crippen molar-refractivity contribution in [3.05, 3.63) is 106 Å². The second kappa shape index (κ2) is 8.00. The molecular formula is C23H18N4O3. The van der Waals surface area contributed by atoms with Gasteiger partial charge in [0, 0.05) is 17.8 Å². The number of nitro benzene ring substituents is 1. The minimum Gasteiger partial charge on any atom is -0.366 e. The first-order valence-corrected chi connectivity index (χ1v) is 9.28. The molecule has 0 atom stereocenters. The van der Waals surface area contributed by atoms with Gasteiger partial charge in [0.2, 0.25) is 5.91 Å². The average Bonchev–Trinajstić information content (AvgIpc) is 3.22. The summed E-state index contributed by atoms with van der Waals surface area (Å²) in [5.74, 6) is -0.494. The summed E-state index contributed by atoms with van der Waals surface area (Å²) in [5, 5.41) is 16.1. The molecule has 0 saturated heterocycles. The number of nitrogens with zero attached hydrogens (tertiary/aromatic N) is 3. The average molecular weight is 398 g/mol. The summed E-state index contributed by atoms with van der Waals surface area (Å²) in [6, 6.07) is 23.4. The van der Waals surface area contributed by atoms with Crippen LogP contribution in [0.5, 0.6) is 0 Å². The molecular weight excluding hydrogens is 380 g/mol. The number of rotatable bonds is 6. The van der Waals surface area contributed by atoms with Crippen molar-refractivity contribution in [2.45, 2.75) is 6.54 Å². The van der Waals surface area contributed by atoms with Gasteiger partial charge >= 0.3 is 0 Å². The number of nitro groups is 1. The third kappa shape index (κ3) is 3.95. The second-order valence-electron chi connectivity index (χ2n) is 6.82. The van der Waals surface area contributed by atoms with Gasteiger partial charge in [-0.2, -0.15) is 5.10 Å². The molecule has 1 aromatic heterocycles. The Hall–Kier alpha value is -4.26. The van der Waals surface area contributed by atoms with E-state index in [2.05, 4.69) is 5.10 Å². The third-order valence-corrected chi connectivity index (χ3v) is 4.77. The van der Waals surface area contributed by atoms with E-state index in [9.17, 15) is 14.9 Å². The molecule has 7 nitrogen and oxygen atoms in total. The second-order valence-corrected chi connectivity index (χ2v) is 6.82. The number of carbonyl (C=O) groups is 1. The fourth-order valence-corrected chi connectivity index (χ4v) is 3.31. The van der Waals surface area contributed by atoms with E-state index in [-0.39, 0.29) is 5.69 Å². The molecule has 7 heteroatoms. The number of primary amides is 1. The van der Waals surface area contributed by atoms with Gasteiger partial charge in [0.1, 0.15) is 0 Å². The Morgan fingerprint density at radius 3 is 2.50 bits per heavy atom. The number of nitrogens with two attached hydrogens (primary N) is 1. The van der Waals surface area contributed by atoms with Gasteiger partial charge in [0.05, 0.1) is 22.7 Å². The zero-order valence-corrected chi connectivity index (χ0v) is 15.9. The molecule has 148 valence electrons. The summed E-state index contributed by atoms with van der Waals surface area (Å²) < 4.78 is 1.67. The van der Waals surface area contributed by atoms with E-state index in [1.807, 2.05) is 36.4 Å². The normalized spacial score (nSPS) is 10.7. The minimum atomic E-state index is -0.494. The Bertz CT molecular complexity index is 1230. The molecule has 3 aromatic carbocycles. The molecule has 30 heavy (non-hydrogen) atoms. The van der Waals surface area contributed by atoms with Gasteiger partial charge in [-0.1, -0.05) is 42.5 Å². The lowest BCUT2D eigenvalue weighted by atomic mass is 10.0. The topological polar surface area (TPSA) is 104 Å². The van der Waals surface area contributed by atoms with Crippen LogP contribution in [0.3, 0.4) is 0 Å². The Labute approximate surface area is 172 Å². The van der Waals surface area contributed by atoms with Gasteiger partial charge in [0.15, 0.2) is 0 Å². The van der Waals surface area contributed by atoms with E-state index in [0.717, 1.165) is 16.7 Å². The van der Waals surface area contributed by atoms with Crippen molar-refractivity contribution in [1.29, 1.82) is 0 Å². The highest BCUT2D eigenvalue weighted by Crippen LogP contribution is 2.33. The van der Waals surface area contributed by atoms with E-state index in [4.69, 9.17) is 5.73 Å². The van der Waals surface area contributed by atoms with Crippen LogP contribution in [-0.2, 0) is 6.54 Å². The van der Waals surface area contributed by atoms with Crippen LogP contribution in [0.4, 0.5) is 5.69 Å². The SMILES string of the molecule is NC(=O)c1cccc(Cn2ccc(-c3cc(-c4ccccc4)ccc3[N+](=O)[O-])n2)c1. The van der Waals surface area contributed by atoms with E-state index >= 15 is 0 Å². The summed E-state index contributed by atoms with van der Waals surface area (Å²) in [4.78, 5) is 22.5. The third-order valence-electron chi connectivity index (χ3n) is 4.77. The molecule has 0 fully saturated rings. The maximum absolute atomic E-state index is 11.6. The fraction of sp³-hybridized carbons (Fsp3) is 0.0435. The highest BCUT2D eigenvalue weighted by molar-refractivity contribution is 5.92. The molecule has 0 unspecified atom stereocenters. The number of hydrogen-bond donors (Lipinski definition) is 1. The lowest BCUT2D eigenvalue weighted by Crippen LogP contribution is -2.11. The molecule has 0 aliphatic rings. The molecule has 2 N–H and O–H groups in total. The predicted molar refractivity (Wildman–Crippen MR) is 114 cm³/mol. The van der Waals surface area contributed by atoms with Crippen LogP contribution >= 0.6 is 0 Å². The predicted octanol–water partition coefficient (Wildman–Crippen LogP) is 4.27. The molecule has 1 amide bonds. The first kappa shape index (κ1) is 19.1. The van der Waals surface area contributed by atoms with Crippen LogP contribution in [0.1, 0.15) is 15.9 Å². The highest BCUT2D eigenvalue weighted by atomic mass is 16.6. The fourth-order valence-electron chi connectivity index (χ4n) is 3.31. The summed E-state index contributed by atoms with van der Waals surface area (Å²) in [6.07, 6.45) is 1.76. The minimum absolute atomic E-state index is 0.00402. The van der Waals surface area contributed by atoms with Crippen molar-refractivity contribution in [3.8, 4) is 22.4 Å². The number of carbonyl (C=O) groups excluding carboxylic acids is 1. The highest BCUT2D eigenvalue weighted by Gasteiger charge is 2.18. The van der Waals surface area contributed by atoms with Crippen molar-refractivity contribution in [3.63, 3.8) is 0 Å². The smallest absolute Gasteiger partial charge is 0.278 e. The van der Waals surface area contributed by atoms with E-state index < -0.39 is 10.8 Å². The van der Waals surface area contributed by atoms with E-state index in [1.165, 1.54) is 6.07 Å². The lowest BCUT2D eigenvalue weighted by molar-refractivity contribution is -0.384. The van der Waals surface area contributed by atoms with Gasteiger partial charge in [-0.25, -0.2) is 0 Å². The van der Waals surface area contributed by atoms with Crippen LogP contribution in [0.2, 0.25) is 0 Å². The maximum Gasteiger partial charge on any atom is 0.278 e. The van der Waals surface area contributed by atoms with Crippen LogP contribution < -0.4 is 5.73 Å². The van der Waals surface area contributed by atoms with E-state index in [0.29, 0.717) is 23.4 Å². The molecule has 1 heterocycles. The zero-order valence-electron chi connectivity index (χ0n) is 15.9. The van der Waals surface area contributed by atoms with Crippen LogP contribution in [-0.4, -0.2) is 20.6 Å². The van der Waals surface area contributed by atoms with Crippen molar-refractivity contribution in [2.75, 3.05) is 0 Å². The van der Waals surface area contributed by atoms with Crippen molar-refractivity contribution < 1.29 is 9.72 Å². The first-order chi connectivity index (χ1) is 14.5. The summed E-state index contributed by atoms with van der Waals surface area (Å²) >= 11 is 0. The van der Waals surface area contributed by atoms with Crippen LogP contribution in [0.15, 0.2) is 85.1 Å². The summed E-state index contributed by atoms with van der Waals surface area (Å²) in [5.41, 5.74) is 9.41. The molecule has 0 spiro atoms. The number of amides is 1. The standard InChI is InChI=1S/C23H18N4O3/c24-23(28)19-8-4-5-16(13-19)15-26-12-11-21(25-26)20-14-18(9-10-22(20)27(29)30)17-6-2-1-3-7-17/h1-14H,15H2,(H2,24,28). The number of benzene rings is 3. The molecule has 0 bridgehead atoms. The van der Waals surface area contributed by atoms with Crippen molar-refractivity contribution >= 4 is 11.6 Å². The molecule has 4 aromatic rings.